The lowest BCUT2D eigenvalue weighted by Crippen LogP contribution is -2.21. The normalized spacial score (nSPS) is 11.1. The highest BCUT2D eigenvalue weighted by Gasteiger charge is 2.10. The Morgan fingerprint density at radius 1 is 1.04 bits per heavy atom. The van der Waals surface area contributed by atoms with Crippen LogP contribution in [0.2, 0.25) is 10.0 Å². The minimum Gasteiger partial charge on any atom is -0.293 e. The van der Waals surface area contributed by atoms with Gasteiger partial charge in [0, 0.05) is 11.2 Å². The van der Waals surface area contributed by atoms with Gasteiger partial charge in [-0.2, -0.15) is 5.10 Å². The van der Waals surface area contributed by atoms with Crippen molar-refractivity contribution in [1.82, 2.24) is 19.3 Å². The number of hydrogen-bond donors (Lipinski definition) is 0. The lowest BCUT2D eigenvalue weighted by atomic mass is 10.2. The van der Waals surface area contributed by atoms with Crippen LogP contribution in [0.25, 0.3) is 16.6 Å². The number of hydrogen-bond acceptors (Lipinski definition) is 3. The Balaban J connectivity index is 1.71. The molecule has 0 N–H and O–H groups in total. The van der Waals surface area contributed by atoms with Gasteiger partial charge in [0.1, 0.15) is 0 Å². The molecule has 2 aromatic carbocycles. The topological polar surface area (TPSA) is 52.7 Å². The number of aromatic nitrogens is 4. The Morgan fingerprint density at radius 2 is 1.84 bits per heavy atom. The van der Waals surface area contributed by atoms with Crippen molar-refractivity contribution in [2.75, 3.05) is 0 Å². The molecule has 0 aliphatic heterocycles. The molecule has 0 amide bonds. The average molecular weight is 371 g/mol. The lowest BCUT2D eigenvalue weighted by Gasteiger charge is -2.06. The van der Waals surface area contributed by atoms with Crippen LogP contribution in [-0.4, -0.2) is 19.3 Å². The first-order valence-electron chi connectivity index (χ1n) is 7.56. The highest BCUT2D eigenvalue weighted by molar-refractivity contribution is 6.38. The number of nitrogens with zero attached hydrogens (tertiary/aromatic N) is 4. The van der Waals surface area contributed by atoms with Crippen LogP contribution in [-0.2, 0) is 6.54 Å². The van der Waals surface area contributed by atoms with Crippen LogP contribution in [0.4, 0.5) is 0 Å². The van der Waals surface area contributed by atoms with Crippen molar-refractivity contribution in [3.8, 4) is 5.69 Å². The fraction of sp³-hybridized carbons (Fsp3) is 0.0556. The maximum absolute atomic E-state index is 12.7. The number of benzene rings is 2. The zero-order valence-electron chi connectivity index (χ0n) is 12.9. The van der Waals surface area contributed by atoms with Gasteiger partial charge in [0.25, 0.3) is 5.56 Å². The van der Waals surface area contributed by atoms with E-state index < -0.39 is 0 Å². The molecule has 7 heteroatoms. The van der Waals surface area contributed by atoms with Crippen LogP contribution in [0.15, 0.2) is 65.8 Å². The summed E-state index contributed by atoms with van der Waals surface area (Å²) < 4.78 is 3.26. The van der Waals surface area contributed by atoms with Gasteiger partial charge in [-0.05, 0) is 30.3 Å². The van der Waals surface area contributed by atoms with E-state index >= 15 is 0 Å². The van der Waals surface area contributed by atoms with E-state index in [-0.39, 0.29) is 5.56 Å². The smallest absolute Gasteiger partial charge is 0.261 e. The van der Waals surface area contributed by atoms with Crippen molar-refractivity contribution >= 4 is 34.1 Å². The molecule has 0 atom stereocenters. The summed E-state index contributed by atoms with van der Waals surface area (Å²) in [7, 11) is 0. The van der Waals surface area contributed by atoms with Gasteiger partial charge in [-0.3, -0.25) is 9.36 Å². The largest absolute Gasteiger partial charge is 0.293 e. The van der Waals surface area contributed by atoms with Gasteiger partial charge in [0.15, 0.2) is 0 Å². The predicted molar refractivity (Wildman–Crippen MR) is 98.7 cm³/mol. The van der Waals surface area contributed by atoms with E-state index in [1.165, 1.54) is 10.9 Å². The van der Waals surface area contributed by atoms with Crippen molar-refractivity contribution in [3.63, 3.8) is 0 Å². The van der Waals surface area contributed by atoms with Crippen LogP contribution in [0.5, 0.6) is 0 Å². The van der Waals surface area contributed by atoms with E-state index in [0.717, 1.165) is 11.4 Å². The van der Waals surface area contributed by atoms with Gasteiger partial charge < -0.3 is 0 Å². The van der Waals surface area contributed by atoms with Gasteiger partial charge in [0.2, 0.25) is 0 Å². The molecule has 25 heavy (non-hydrogen) atoms. The Morgan fingerprint density at radius 3 is 2.64 bits per heavy atom. The third-order valence-corrected chi connectivity index (χ3v) is 4.35. The van der Waals surface area contributed by atoms with Gasteiger partial charge in [-0.25, -0.2) is 9.67 Å². The maximum Gasteiger partial charge on any atom is 0.261 e. The molecule has 4 rings (SSSR count). The second-order valence-electron chi connectivity index (χ2n) is 5.55. The van der Waals surface area contributed by atoms with Crippen LogP contribution in [0.1, 0.15) is 5.69 Å². The van der Waals surface area contributed by atoms with Crippen LogP contribution >= 0.6 is 23.2 Å². The minimum absolute atomic E-state index is 0.205. The fourth-order valence-electron chi connectivity index (χ4n) is 2.65. The standard InChI is InChI=1S/C18H12Cl2N4O/c19-12-8-15-17(16(20)9-12)21-11-23(18(15)25)10-13-6-7-24(22-13)14-4-2-1-3-5-14/h1-9,11H,10H2. The summed E-state index contributed by atoms with van der Waals surface area (Å²) >= 11 is 12.1. The molecule has 2 aromatic heterocycles. The average Bonchev–Trinajstić information content (AvgIpc) is 3.07. The van der Waals surface area contributed by atoms with E-state index in [2.05, 4.69) is 10.1 Å². The van der Waals surface area contributed by atoms with Crippen molar-refractivity contribution in [2.24, 2.45) is 0 Å². The molecule has 0 saturated carbocycles. The third-order valence-electron chi connectivity index (χ3n) is 3.84. The summed E-state index contributed by atoms with van der Waals surface area (Å²) in [6.07, 6.45) is 3.34. The first-order valence-corrected chi connectivity index (χ1v) is 8.31. The zero-order valence-corrected chi connectivity index (χ0v) is 14.4. The molecule has 4 aromatic rings. The van der Waals surface area contributed by atoms with E-state index in [1.807, 2.05) is 42.6 Å². The van der Waals surface area contributed by atoms with Gasteiger partial charge >= 0.3 is 0 Å². The summed E-state index contributed by atoms with van der Waals surface area (Å²) in [5.74, 6) is 0. The Kier molecular flexibility index (Phi) is 4.03. The molecule has 0 saturated heterocycles. The summed E-state index contributed by atoms with van der Waals surface area (Å²) in [6.45, 7) is 0.311. The second-order valence-corrected chi connectivity index (χ2v) is 6.39. The molecule has 0 aliphatic rings. The van der Waals surface area contributed by atoms with Gasteiger partial charge in [0.05, 0.1) is 40.2 Å². The molecular formula is C18H12Cl2N4O. The predicted octanol–water partition coefficient (Wildman–Crippen LogP) is 3.94. The molecule has 0 aliphatic carbocycles. The van der Waals surface area contributed by atoms with Crippen LogP contribution in [0.3, 0.4) is 0 Å². The molecule has 2 heterocycles. The first kappa shape index (κ1) is 15.9. The van der Waals surface area contributed by atoms with E-state index in [4.69, 9.17) is 23.2 Å². The second kappa shape index (κ2) is 6.35. The number of rotatable bonds is 3. The first-order chi connectivity index (χ1) is 12.1. The molecule has 0 radical (unpaired) electrons. The molecule has 0 fully saturated rings. The summed E-state index contributed by atoms with van der Waals surface area (Å²) in [5.41, 5.74) is 1.95. The Bertz CT molecular complexity index is 1120. The molecule has 5 nitrogen and oxygen atoms in total. The molecular weight excluding hydrogens is 359 g/mol. The Labute approximate surface area is 153 Å². The highest BCUT2D eigenvalue weighted by Crippen LogP contribution is 2.24. The zero-order chi connectivity index (χ0) is 17.4. The fourth-order valence-corrected chi connectivity index (χ4v) is 3.19. The lowest BCUT2D eigenvalue weighted by molar-refractivity contribution is 0.712. The van der Waals surface area contributed by atoms with E-state index in [9.17, 15) is 4.79 Å². The quantitative estimate of drug-likeness (QED) is 0.548. The van der Waals surface area contributed by atoms with Gasteiger partial charge in [-0.15, -0.1) is 0 Å². The summed E-state index contributed by atoms with van der Waals surface area (Å²) in [6, 6.07) is 14.8. The van der Waals surface area contributed by atoms with Gasteiger partial charge in [-0.1, -0.05) is 41.4 Å². The number of fused-ring (bicyclic) bond motifs is 1. The summed E-state index contributed by atoms with van der Waals surface area (Å²) in [5, 5.41) is 5.67. The van der Waals surface area contributed by atoms with E-state index in [0.29, 0.717) is 27.5 Å². The molecule has 0 unspecified atom stereocenters. The Hall–Kier alpha value is -2.63. The van der Waals surface area contributed by atoms with Crippen LogP contribution in [0, 0.1) is 0 Å². The van der Waals surface area contributed by atoms with Crippen LogP contribution < -0.4 is 5.56 Å². The molecule has 0 bridgehead atoms. The minimum atomic E-state index is -0.205. The van der Waals surface area contributed by atoms with E-state index in [1.54, 1.807) is 16.8 Å². The van der Waals surface area contributed by atoms with Crippen molar-refractivity contribution < 1.29 is 0 Å². The van der Waals surface area contributed by atoms with Crippen molar-refractivity contribution in [2.45, 2.75) is 6.54 Å². The maximum atomic E-state index is 12.7. The number of para-hydroxylation sites is 1. The van der Waals surface area contributed by atoms with Crippen molar-refractivity contribution in [1.29, 1.82) is 0 Å². The molecule has 124 valence electrons. The SMILES string of the molecule is O=c1c2cc(Cl)cc(Cl)c2ncn1Cc1ccn(-c2ccccc2)n1. The monoisotopic (exact) mass is 370 g/mol. The number of halogens is 2. The third kappa shape index (κ3) is 3.04. The molecule has 0 spiro atoms. The highest BCUT2D eigenvalue weighted by atomic mass is 35.5. The van der Waals surface area contributed by atoms with Crippen molar-refractivity contribution in [3.05, 3.63) is 87.1 Å². The summed E-state index contributed by atoms with van der Waals surface area (Å²) in [4.78, 5) is 17.0.